The summed E-state index contributed by atoms with van der Waals surface area (Å²) in [6.45, 7) is 4.21. The average Bonchev–Trinajstić information content (AvgIpc) is 4.00. The van der Waals surface area contributed by atoms with Crippen LogP contribution in [0.5, 0.6) is 0 Å². The van der Waals surface area contributed by atoms with E-state index in [0.29, 0.717) is 18.7 Å². The molecule has 1 amide bonds. The van der Waals surface area contributed by atoms with Crippen molar-refractivity contribution in [3.8, 4) is 22.4 Å². The molecule has 0 aliphatic heterocycles. The smallest absolute Gasteiger partial charge is 0.306 e. The highest BCUT2D eigenvalue weighted by molar-refractivity contribution is 5.86. The molecule has 6 heteroatoms. The minimum Gasteiger partial charge on any atom is -0.465 e. The lowest BCUT2D eigenvalue weighted by Crippen LogP contribution is -2.37. The van der Waals surface area contributed by atoms with Gasteiger partial charge in [0.1, 0.15) is 12.4 Å². The molecule has 0 radical (unpaired) electrons. The normalized spacial score (nSPS) is 13.7. The van der Waals surface area contributed by atoms with Crippen LogP contribution in [-0.4, -0.2) is 28.5 Å². The highest BCUT2D eigenvalue weighted by Crippen LogP contribution is 2.44. The first-order valence-corrected chi connectivity index (χ1v) is 20.1. The van der Waals surface area contributed by atoms with Gasteiger partial charge in [-0.2, -0.15) is 0 Å². The summed E-state index contributed by atoms with van der Waals surface area (Å²) in [7, 11) is 0. The van der Waals surface area contributed by atoms with E-state index in [4.69, 9.17) is 9.72 Å². The van der Waals surface area contributed by atoms with Crippen LogP contribution in [0.3, 0.4) is 0 Å². The quantitative estimate of drug-likeness (QED) is 0.122. The van der Waals surface area contributed by atoms with Gasteiger partial charge in [-0.1, -0.05) is 166 Å². The highest BCUT2D eigenvalue weighted by atomic mass is 16.5. The molecule has 2 N–H and O–H groups in total. The fourth-order valence-electron chi connectivity index (χ4n) is 8.34. The molecule has 2 aliphatic carbocycles. The van der Waals surface area contributed by atoms with Crippen molar-refractivity contribution in [3.63, 3.8) is 0 Å². The van der Waals surface area contributed by atoms with Crippen LogP contribution in [0.2, 0.25) is 0 Å². The van der Waals surface area contributed by atoms with Crippen molar-refractivity contribution in [1.29, 1.82) is 0 Å². The van der Waals surface area contributed by atoms with E-state index in [-0.39, 0.29) is 24.9 Å². The molecule has 0 bridgehead atoms. The molecular formula is C51H47N3O3. The number of carbonyl (C=O) groups is 2. The maximum Gasteiger partial charge on any atom is 0.306 e. The second-order valence-electron chi connectivity index (χ2n) is 14.6. The van der Waals surface area contributed by atoms with Gasteiger partial charge in [0.2, 0.25) is 5.91 Å². The van der Waals surface area contributed by atoms with Crippen molar-refractivity contribution in [3.05, 3.63) is 192 Å². The van der Waals surface area contributed by atoms with Crippen LogP contribution in [-0.2, 0) is 27.2 Å². The number of H-pyrrole nitrogens is 1. The van der Waals surface area contributed by atoms with Crippen molar-refractivity contribution in [2.75, 3.05) is 6.61 Å². The number of nitrogens with one attached hydrogen (secondary N) is 2. The summed E-state index contributed by atoms with van der Waals surface area (Å²) in [5.74, 6) is -0.669. The Morgan fingerprint density at radius 1 is 0.737 bits per heavy atom. The van der Waals surface area contributed by atoms with Gasteiger partial charge in [0.25, 0.3) is 0 Å². The van der Waals surface area contributed by atoms with Gasteiger partial charge < -0.3 is 15.0 Å². The summed E-state index contributed by atoms with van der Waals surface area (Å²) >= 11 is 0. The van der Waals surface area contributed by atoms with E-state index in [1.807, 2.05) is 86.8 Å². The third kappa shape index (κ3) is 8.08. The number of aromatic amines is 1. The number of amides is 1. The van der Waals surface area contributed by atoms with E-state index < -0.39 is 17.9 Å². The molecule has 2 atom stereocenters. The Morgan fingerprint density at radius 3 is 2.14 bits per heavy atom. The zero-order valence-corrected chi connectivity index (χ0v) is 32.5. The molecule has 0 spiro atoms. The SMILES string of the molecule is CC.O=C(C[C@H](Cc1ccc2ccccc2c1)C(=O)N[C@H](CC1=CCc2ccccc21)c1ncc(-c2ccccc2)[nH]1)OCC1c2ccccc2-c2ccccc21. The Labute approximate surface area is 334 Å². The van der Waals surface area contributed by atoms with Gasteiger partial charge in [0, 0.05) is 12.3 Å². The Balaban J connectivity index is 0.00000224. The molecule has 9 rings (SSSR count). The van der Waals surface area contributed by atoms with Crippen LogP contribution < -0.4 is 5.32 Å². The largest absolute Gasteiger partial charge is 0.465 e. The molecule has 0 saturated carbocycles. The number of hydrogen-bond acceptors (Lipinski definition) is 4. The Bertz CT molecular complexity index is 2510. The average molecular weight is 750 g/mol. The van der Waals surface area contributed by atoms with E-state index in [1.54, 1.807) is 0 Å². The summed E-state index contributed by atoms with van der Waals surface area (Å²) in [5, 5.41) is 5.58. The molecule has 2 aliphatic rings. The molecule has 0 saturated heterocycles. The van der Waals surface area contributed by atoms with E-state index in [0.717, 1.165) is 45.1 Å². The molecule has 7 aromatic rings. The van der Waals surface area contributed by atoms with Gasteiger partial charge in [-0.05, 0) is 73.7 Å². The Hall–Kier alpha value is -6.53. The minimum atomic E-state index is -0.673. The molecule has 6 aromatic carbocycles. The summed E-state index contributed by atoms with van der Waals surface area (Å²) < 4.78 is 6.07. The lowest BCUT2D eigenvalue weighted by molar-refractivity contribution is -0.147. The number of aromatic nitrogens is 2. The Morgan fingerprint density at radius 2 is 1.39 bits per heavy atom. The number of allylic oxidation sites excluding steroid dienone is 1. The third-order valence-corrected chi connectivity index (χ3v) is 11.1. The predicted octanol–water partition coefficient (Wildman–Crippen LogP) is 11.0. The second kappa shape index (κ2) is 17.1. The van der Waals surface area contributed by atoms with Crippen LogP contribution in [0.4, 0.5) is 0 Å². The summed E-state index contributed by atoms with van der Waals surface area (Å²) in [6, 6.07) is 49.1. The number of esters is 1. The topological polar surface area (TPSA) is 84.1 Å². The summed E-state index contributed by atoms with van der Waals surface area (Å²) in [4.78, 5) is 36.8. The highest BCUT2D eigenvalue weighted by Gasteiger charge is 2.32. The van der Waals surface area contributed by atoms with Gasteiger partial charge in [-0.15, -0.1) is 0 Å². The first kappa shape index (κ1) is 37.4. The van der Waals surface area contributed by atoms with Crippen LogP contribution in [0, 0.1) is 5.92 Å². The maximum atomic E-state index is 14.6. The molecule has 284 valence electrons. The molecule has 1 aromatic heterocycles. The zero-order valence-electron chi connectivity index (χ0n) is 32.5. The van der Waals surface area contributed by atoms with Crippen molar-refractivity contribution >= 4 is 28.2 Å². The number of nitrogens with zero attached hydrogens (tertiary/aromatic N) is 1. The van der Waals surface area contributed by atoms with Crippen LogP contribution in [0.15, 0.2) is 158 Å². The summed E-state index contributed by atoms with van der Waals surface area (Å²) in [6.07, 6.45) is 5.80. The van der Waals surface area contributed by atoms with Crippen LogP contribution in [0.1, 0.15) is 72.3 Å². The molecule has 0 unspecified atom stereocenters. The molecule has 1 heterocycles. The fourth-order valence-corrected chi connectivity index (χ4v) is 8.34. The lowest BCUT2D eigenvalue weighted by atomic mass is 9.92. The van der Waals surface area contributed by atoms with Crippen molar-refractivity contribution < 1.29 is 14.3 Å². The monoisotopic (exact) mass is 749 g/mol. The second-order valence-corrected chi connectivity index (χ2v) is 14.6. The Kier molecular flexibility index (Phi) is 11.2. The predicted molar refractivity (Wildman–Crippen MR) is 229 cm³/mol. The van der Waals surface area contributed by atoms with Gasteiger partial charge in [-0.3, -0.25) is 9.59 Å². The maximum absolute atomic E-state index is 14.6. The molecule has 6 nitrogen and oxygen atoms in total. The zero-order chi connectivity index (χ0) is 39.1. The number of ether oxygens (including phenoxy) is 1. The number of rotatable bonds is 12. The van der Waals surface area contributed by atoms with Crippen molar-refractivity contribution in [1.82, 2.24) is 15.3 Å². The van der Waals surface area contributed by atoms with Gasteiger partial charge in [-0.25, -0.2) is 4.98 Å². The molecule has 57 heavy (non-hydrogen) atoms. The van der Waals surface area contributed by atoms with E-state index >= 15 is 0 Å². The van der Waals surface area contributed by atoms with Crippen molar-refractivity contribution in [2.45, 2.75) is 51.5 Å². The third-order valence-electron chi connectivity index (χ3n) is 11.1. The van der Waals surface area contributed by atoms with E-state index in [1.165, 1.54) is 27.8 Å². The van der Waals surface area contributed by atoms with Crippen LogP contribution >= 0.6 is 0 Å². The number of benzene rings is 6. The molecule has 0 fully saturated rings. The first-order valence-electron chi connectivity index (χ1n) is 20.1. The number of carbonyl (C=O) groups excluding carboxylic acids is 2. The molecular weight excluding hydrogens is 703 g/mol. The van der Waals surface area contributed by atoms with Crippen LogP contribution in [0.25, 0.3) is 38.7 Å². The number of fused-ring (bicyclic) bond motifs is 5. The lowest BCUT2D eigenvalue weighted by Gasteiger charge is -2.23. The fraction of sp³-hybridized carbons (Fsp3) is 0.196. The van der Waals surface area contributed by atoms with E-state index in [2.05, 4.69) is 95.2 Å². The van der Waals surface area contributed by atoms with Crippen molar-refractivity contribution in [2.24, 2.45) is 5.92 Å². The number of hydrogen-bond donors (Lipinski definition) is 2. The van der Waals surface area contributed by atoms with Gasteiger partial charge in [0.15, 0.2) is 0 Å². The van der Waals surface area contributed by atoms with E-state index in [9.17, 15) is 9.59 Å². The number of imidazole rings is 1. The standard InChI is InChI=1S/C49H41N3O3.C2H6/c53-47(55-31-44-42-20-10-8-18-40(42)41-19-9-11-21-43(41)44)29-38(27-32-22-23-33-12-4-5-16-36(33)26-32)49(54)52-45(28-37-25-24-34-13-6-7-17-39(34)37)48-50-30-46(51-48)35-14-2-1-3-15-35;1-2/h1-23,25-26,30,38,44-45H,24,27-29,31H2,(H,50,51)(H,52,54);1-2H3/t38-,45+;/m0./s1. The summed E-state index contributed by atoms with van der Waals surface area (Å²) in [5.41, 5.74) is 11.2. The van der Waals surface area contributed by atoms with Gasteiger partial charge >= 0.3 is 5.97 Å². The first-order chi connectivity index (χ1) is 28.1. The minimum absolute atomic E-state index is 0.0552. The van der Waals surface area contributed by atoms with Gasteiger partial charge in [0.05, 0.1) is 30.3 Å².